The largest absolute Gasteiger partial charge is 0.345 e. The highest BCUT2D eigenvalue weighted by atomic mass is 16.2. The summed E-state index contributed by atoms with van der Waals surface area (Å²) in [7, 11) is 0. The molecule has 0 spiro atoms. The van der Waals surface area contributed by atoms with Gasteiger partial charge in [0.25, 0.3) is 5.91 Å². The van der Waals surface area contributed by atoms with Gasteiger partial charge in [-0.15, -0.1) is 0 Å². The third kappa shape index (κ3) is 2.28. The second kappa shape index (κ2) is 5.31. The van der Waals surface area contributed by atoms with Crippen molar-refractivity contribution in [1.29, 1.82) is 0 Å². The van der Waals surface area contributed by atoms with Crippen LogP contribution in [-0.2, 0) is 0 Å². The summed E-state index contributed by atoms with van der Waals surface area (Å²) in [6.45, 7) is 0.637. The molecule has 1 saturated heterocycles. The molecule has 1 N–H and O–H groups in total. The van der Waals surface area contributed by atoms with Gasteiger partial charge in [-0.3, -0.25) is 4.79 Å². The molecule has 0 saturated carbocycles. The summed E-state index contributed by atoms with van der Waals surface area (Å²) in [5, 5.41) is 4.16. The van der Waals surface area contributed by atoms with Gasteiger partial charge in [0, 0.05) is 30.8 Å². The predicted molar refractivity (Wildman–Crippen MR) is 80.9 cm³/mol. The molecular weight excluding hydrogens is 296 g/mol. The Morgan fingerprint density at radius 1 is 1.30 bits per heavy atom. The van der Waals surface area contributed by atoms with Crippen molar-refractivity contribution in [1.82, 2.24) is 29.5 Å². The Morgan fingerprint density at radius 2 is 2.22 bits per heavy atom. The van der Waals surface area contributed by atoms with Gasteiger partial charge < -0.3 is 9.88 Å². The average Bonchev–Trinajstić information content (AvgIpc) is 3.21. The minimum absolute atomic E-state index is 0.126. The van der Waals surface area contributed by atoms with Crippen molar-refractivity contribution in [2.45, 2.75) is 18.9 Å². The minimum atomic E-state index is -0.403. The van der Waals surface area contributed by atoms with Crippen LogP contribution >= 0.6 is 0 Å². The smallest absolute Gasteiger partial charge is 0.330 e. The van der Waals surface area contributed by atoms with E-state index >= 15 is 0 Å². The molecular formula is C15H14N6O2. The molecule has 1 atom stereocenters. The molecule has 3 aromatic heterocycles. The second-order valence-electron chi connectivity index (χ2n) is 5.43. The number of carbonyl (C=O) groups excluding carboxylic acids is 1. The number of fused-ring (bicyclic) bond motifs is 1. The normalized spacial score (nSPS) is 17.7. The molecule has 23 heavy (non-hydrogen) atoms. The molecule has 8 heteroatoms. The fraction of sp³-hybridized carbons (Fsp3) is 0.267. The number of hydrogen-bond donors (Lipinski definition) is 1. The first kappa shape index (κ1) is 13.6. The predicted octanol–water partition coefficient (Wildman–Crippen LogP) is 0.790. The first-order chi connectivity index (χ1) is 11.2. The Bertz CT molecular complexity index is 931. The van der Waals surface area contributed by atoms with E-state index in [9.17, 15) is 9.59 Å². The van der Waals surface area contributed by atoms with E-state index in [-0.39, 0.29) is 11.9 Å². The monoisotopic (exact) mass is 310 g/mol. The summed E-state index contributed by atoms with van der Waals surface area (Å²) < 4.78 is 1.58. The lowest BCUT2D eigenvalue weighted by Gasteiger charge is -2.24. The van der Waals surface area contributed by atoms with E-state index in [1.54, 1.807) is 33.9 Å². The highest BCUT2D eigenvalue weighted by Crippen LogP contribution is 2.31. The fourth-order valence-electron chi connectivity index (χ4n) is 3.04. The maximum Gasteiger partial charge on any atom is 0.345 e. The lowest BCUT2D eigenvalue weighted by Crippen LogP contribution is -2.32. The molecule has 4 rings (SSSR count). The van der Waals surface area contributed by atoms with Crippen LogP contribution < -0.4 is 5.69 Å². The first-order valence-electron chi connectivity index (χ1n) is 7.38. The molecule has 0 aromatic carbocycles. The zero-order chi connectivity index (χ0) is 15.8. The van der Waals surface area contributed by atoms with Crippen LogP contribution in [0.15, 0.2) is 41.7 Å². The van der Waals surface area contributed by atoms with Gasteiger partial charge in [-0.1, -0.05) is 0 Å². The molecule has 3 aromatic rings. The van der Waals surface area contributed by atoms with Crippen LogP contribution in [0.2, 0.25) is 0 Å². The van der Waals surface area contributed by atoms with Crippen molar-refractivity contribution in [3.05, 3.63) is 58.7 Å². The van der Waals surface area contributed by atoms with Gasteiger partial charge in [0.2, 0.25) is 0 Å². The van der Waals surface area contributed by atoms with E-state index in [4.69, 9.17) is 0 Å². The summed E-state index contributed by atoms with van der Waals surface area (Å²) in [6.07, 6.45) is 8.07. The molecule has 0 radical (unpaired) electrons. The van der Waals surface area contributed by atoms with Crippen LogP contribution in [-0.4, -0.2) is 41.9 Å². The van der Waals surface area contributed by atoms with Gasteiger partial charge in [-0.05, 0) is 25.0 Å². The molecule has 1 aliphatic rings. The lowest BCUT2D eigenvalue weighted by atomic mass is 10.1. The minimum Gasteiger partial charge on any atom is -0.330 e. The topological polar surface area (TPSA) is 96.2 Å². The molecule has 8 nitrogen and oxygen atoms in total. The number of hydrogen-bond acceptors (Lipinski definition) is 5. The molecule has 1 fully saturated rings. The highest BCUT2D eigenvalue weighted by Gasteiger charge is 2.32. The number of aromatic nitrogens is 5. The van der Waals surface area contributed by atoms with Crippen LogP contribution in [0.3, 0.4) is 0 Å². The SMILES string of the molecule is O=C(c1cnn2cccnc12)N1CCCC1c1ccnc(=O)[nH]1. The van der Waals surface area contributed by atoms with E-state index in [2.05, 4.69) is 20.1 Å². The number of H-pyrrole nitrogens is 1. The first-order valence-corrected chi connectivity index (χ1v) is 7.38. The van der Waals surface area contributed by atoms with Crippen molar-refractivity contribution in [3.63, 3.8) is 0 Å². The quantitative estimate of drug-likeness (QED) is 0.755. The summed E-state index contributed by atoms with van der Waals surface area (Å²) in [5.41, 5.74) is 1.31. The zero-order valence-electron chi connectivity index (χ0n) is 12.2. The van der Waals surface area contributed by atoms with Crippen LogP contribution in [0.5, 0.6) is 0 Å². The lowest BCUT2D eigenvalue weighted by molar-refractivity contribution is 0.0734. The van der Waals surface area contributed by atoms with E-state index in [0.717, 1.165) is 12.8 Å². The van der Waals surface area contributed by atoms with Crippen LogP contribution in [0.1, 0.15) is 34.9 Å². The zero-order valence-corrected chi connectivity index (χ0v) is 12.2. The third-order valence-corrected chi connectivity index (χ3v) is 4.08. The van der Waals surface area contributed by atoms with Gasteiger partial charge in [-0.2, -0.15) is 5.10 Å². The number of nitrogens with one attached hydrogen (secondary N) is 1. The van der Waals surface area contributed by atoms with Gasteiger partial charge >= 0.3 is 5.69 Å². The Balaban J connectivity index is 1.71. The fourth-order valence-corrected chi connectivity index (χ4v) is 3.04. The van der Waals surface area contributed by atoms with E-state index < -0.39 is 5.69 Å². The van der Waals surface area contributed by atoms with Gasteiger partial charge in [-0.25, -0.2) is 19.3 Å². The summed E-state index contributed by atoms with van der Waals surface area (Å²) in [6, 6.07) is 3.34. The molecule has 1 aliphatic heterocycles. The summed E-state index contributed by atoms with van der Waals surface area (Å²) in [4.78, 5) is 36.7. The van der Waals surface area contributed by atoms with Crippen molar-refractivity contribution < 1.29 is 4.79 Å². The number of amides is 1. The number of aromatic amines is 1. The number of nitrogens with zero attached hydrogens (tertiary/aromatic N) is 5. The molecule has 116 valence electrons. The average molecular weight is 310 g/mol. The Kier molecular flexibility index (Phi) is 3.14. The van der Waals surface area contributed by atoms with Gasteiger partial charge in [0.15, 0.2) is 5.65 Å². The second-order valence-corrected chi connectivity index (χ2v) is 5.43. The van der Waals surface area contributed by atoms with E-state index in [0.29, 0.717) is 23.4 Å². The van der Waals surface area contributed by atoms with E-state index in [1.165, 1.54) is 12.4 Å². The molecule has 1 amide bonds. The maximum absolute atomic E-state index is 12.9. The van der Waals surface area contributed by atoms with Crippen LogP contribution in [0.25, 0.3) is 5.65 Å². The number of carbonyl (C=O) groups is 1. The highest BCUT2D eigenvalue weighted by molar-refractivity contribution is 5.99. The molecule has 1 unspecified atom stereocenters. The van der Waals surface area contributed by atoms with Gasteiger partial charge in [0.1, 0.15) is 5.56 Å². The van der Waals surface area contributed by atoms with Crippen LogP contribution in [0, 0.1) is 0 Å². The third-order valence-electron chi connectivity index (χ3n) is 4.08. The standard InChI is InChI=1S/C15H14N6O2/c22-14(10-9-18-21-8-2-5-16-13(10)21)20-7-1-3-12(20)11-4-6-17-15(23)19-11/h2,4-6,8-9,12H,1,3,7H2,(H,17,19,23). The molecule has 0 aliphatic carbocycles. The number of rotatable bonds is 2. The summed E-state index contributed by atoms with van der Waals surface area (Å²) >= 11 is 0. The maximum atomic E-state index is 12.9. The number of likely N-dealkylation sites (tertiary alicyclic amines) is 1. The van der Waals surface area contributed by atoms with Crippen molar-refractivity contribution in [3.8, 4) is 0 Å². The molecule has 4 heterocycles. The van der Waals surface area contributed by atoms with E-state index in [1.807, 2.05) is 0 Å². The Morgan fingerprint density at radius 3 is 3.09 bits per heavy atom. The van der Waals surface area contributed by atoms with Crippen molar-refractivity contribution in [2.75, 3.05) is 6.54 Å². The Hall–Kier alpha value is -3.03. The summed E-state index contributed by atoms with van der Waals surface area (Å²) in [5.74, 6) is -0.126. The van der Waals surface area contributed by atoms with Gasteiger partial charge in [0.05, 0.1) is 12.2 Å². The Labute approximate surface area is 130 Å². The molecule has 0 bridgehead atoms. The van der Waals surface area contributed by atoms with Crippen molar-refractivity contribution >= 4 is 11.6 Å². The van der Waals surface area contributed by atoms with Crippen molar-refractivity contribution in [2.24, 2.45) is 0 Å². The van der Waals surface area contributed by atoms with Crippen LogP contribution in [0.4, 0.5) is 0 Å².